The van der Waals surface area contributed by atoms with E-state index in [9.17, 15) is 9.59 Å². The highest BCUT2D eigenvalue weighted by molar-refractivity contribution is 7.99. The molecular weight excluding hydrogens is 426 g/mol. The number of para-hydroxylation sites is 2. The average molecular weight is 442 g/mol. The average Bonchev–Trinajstić information content (AvgIpc) is 3.18. The molecule has 0 aliphatic rings. The van der Waals surface area contributed by atoms with Crippen LogP contribution < -0.4 is 10.9 Å². The summed E-state index contributed by atoms with van der Waals surface area (Å²) in [6.45, 7) is 1.94. The zero-order valence-electron chi connectivity index (χ0n) is 15.4. The van der Waals surface area contributed by atoms with Gasteiger partial charge in [0.1, 0.15) is 4.70 Å². The Morgan fingerprint density at radius 3 is 2.72 bits per heavy atom. The van der Waals surface area contributed by atoms with Gasteiger partial charge >= 0.3 is 0 Å². The number of hydrogen-bond acceptors (Lipinski definition) is 5. The van der Waals surface area contributed by atoms with Crippen molar-refractivity contribution in [3.63, 3.8) is 0 Å². The highest BCUT2D eigenvalue weighted by Gasteiger charge is 2.17. The Hall–Kier alpha value is -2.61. The highest BCUT2D eigenvalue weighted by Crippen LogP contribution is 2.26. The van der Waals surface area contributed by atoms with Crippen LogP contribution in [0.2, 0.25) is 5.02 Å². The summed E-state index contributed by atoms with van der Waals surface area (Å²) in [7, 11) is 0. The molecule has 0 atom stereocenters. The summed E-state index contributed by atoms with van der Waals surface area (Å²) in [5.41, 5.74) is 2.77. The number of amides is 1. The van der Waals surface area contributed by atoms with Gasteiger partial charge in [-0.05, 0) is 42.1 Å². The Labute approximate surface area is 180 Å². The second-order valence-electron chi connectivity index (χ2n) is 6.27. The first-order valence-electron chi connectivity index (χ1n) is 8.78. The van der Waals surface area contributed by atoms with E-state index in [1.165, 1.54) is 23.1 Å². The third kappa shape index (κ3) is 4.07. The van der Waals surface area contributed by atoms with E-state index in [0.717, 1.165) is 11.3 Å². The van der Waals surface area contributed by atoms with Gasteiger partial charge in [0.05, 0.1) is 27.7 Å². The van der Waals surface area contributed by atoms with Crippen LogP contribution in [0.4, 0.5) is 5.69 Å². The molecule has 2 heterocycles. The van der Waals surface area contributed by atoms with Crippen molar-refractivity contribution in [2.75, 3.05) is 11.1 Å². The van der Waals surface area contributed by atoms with E-state index in [0.29, 0.717) is 26.1 Å². The molecule has 0 saturated heterocycles. The zero-order chi connectivity index (χ0) is 20.4. The van der Waals surface area contributed by atoms with Gasteiger partial charge in [-0.25, -0.2) is 4.98 Å². The van der Waals surface area contributed by atoms with E-state index < -0.39 is 0 Å². The molecule has 0 radical (unpaired) electrons. The normalized spacial score (nSPS) is 11.0. The number of anilines is 1. The maximum absolute atomic E-state index is 13.1. The number of carbonyl (C=O) groups excluding carboxylic acids is 1. The molecule has 8 heteroatoms. The smallest absolute Gasteiger partial charge is 0.276 e. The van der Waals surface area contributed by atoms with Gasteiger partial charge in [0, 0.05) is 0 Å². The van der Waals surface area contributed by atoms with E-state index in [4.69, 9.17) is 11.6 Å². The lowest BCUT2D eigenvalue weighted by Gasteiger charge is -2.14. The minimum Gasteiger partial charge on any atom is -0.324 e. The third-order valence-electron chi connectivity index (χ3n) is 4.29. The van der Waals surface area contributed by atoms with Crippen molar-refractivity contribution in [2.45, 2.75) is 12.1 Å². The van der Waals surface area contributed by atoms with Gasteiger partial charge in [0.2, 0.25) is 5.91 Å². The number of aryl methyl sites for hydroxylation is 1. The van der Waals surface area contributed by atoms with Crippen LogP contribution in [0.3, 0.4) is 0 Å². The molecule has 146 valence electrons. The second kappa shape index (κ2) is 8.41. The second-order valence-corrected chi connectivity index (χ2v) is 8.54. The number of halogens is 1. The summed E-state index contributed by atoms with van der Waals surface area (Å²) in [4.78, 5) is 30.2. The van der Waals surface area contributed by atoms with Gasteiger partial charge < -0.3 is 5.32 Å². The lowest BCUT2D eigenvalue weighted by atomic mass is 10.2. The number of nitrogens with one attached hydrogen (secondary N) is 1. The molecule has 2 aromatic heterocycles. The maximum Gasteiger partial charge on any atom is 0.276 e. The van der Waals surface area contributed by atoms with Crippen LogP contribution in [0.25, 0.3) is 15.9 Å². The number of carbonyl (C=O) groups is 1. The molecule has 0 aliphatic heterocycles. The molecule has 4 aromatic rings. The number of thiophene rings is 1. The molecule has 0 saturated carbocycles. The summed E-state index contributed by atoms with van der Waals surface area (Å²) in [5.74, 6) is -0.127. The van der Waals surface area contributed by atoms with E-state index in [-0.39, 0.29) is 17.2 Å². The topological polar surface area (TPSA) is 64.0 Å². The molecule has 2 aromatic carbocycles. The molecule has 0 spiro atoms. The molecule has 1 amide bonds. The quantitative estimate of drug-likeness (QED) is 0.344. The predicted molar refractivity (Wildman–Crippen MR) is 121 cm³/mol. The monoisotopic (exact) mass is 441 g/mol. The van der Waals surface area contributed by atoms with Crippen LogP contribution in [0.1, 0.15) is 5.56 Å². The minimum absolute atomic E-state index is 0.0964. The van der Waals surface area contributed by atoms with Crippen molar-refractivity contribution in [1.82, 2.24) is 9.55 Å². The molecule has 0 bridgehead atoms. The molecule has 5 nitrogen and oxygen atoms in total. The first kappa shape index (κ1) is 19.7. The number of nitrogens with zero attached hydrogens (tertiary/aromatic N) is 2. The number of hydrogen-bond donors (Lipinski definition) is 1. The van der Waals surface area contributed by atoms with E-state index in [1.807, 2.05) is 42.6 Å². The Morgan fingerprint density at radius 2 is 1.93 bits per heavy atom. The Morgan fingerprint density at radius 1 is 1.17 bits per heavy atom. The van der Waals surface area contributed by atoms with Crippen molar-refractivity contribution in [1.29, 1.82) is 0 Å². The summed E-state index contributed by atoms with van der Waals surface area (Å²) >= 11 is 8.69. The molecule has 4 rings (SSSR count). The fourth-order valence-corrected chi connectivity index (χ4v) is 4.64. The van der Waals surface area contributed by atoms with Crippen LogP contribution in [-0.4, -0.2) is 21.2 Å². The molecular formula is C21H16ClN3O2S2. The molecule has 0 fully saturated rings. The van der Waals surface area contributed by atoms with Gasteiger partial charge in [-0.1, -0.05) is 53.7 Å². The van der Waals surface area contributed by atoms with Crippen molar-refractivity contribution < 1.29 is 4.79 Å². The van der Waals surface area contributed by atoms with E-state index >= 15 is 0 Å². The number of thioether (sulfide) groups is 1. The minimum atomic E-state index is -0.223. The molecule has 1 N–H and O–H groups in total. The number of fused-ring (bicyclic) bond motifs is 1. The Bertz CT molecular complexity index is 1270. The van der Waals surface area contributed by atoms with Gasteiger partial charge in [0.25, 0.3) is 5.56 Å². The molecule has 0 aliphatic carbocycles. The first-order chi connectivity index (χ1) is 14.0. The van der Waals surface area contributed by atoms with E-state index in [1.54, 1.807) is 28.8 Å². The van der Waals surface area contributed by atoms with Crippen molar-refractivity contribution in [3.8, 4) is 5.69 Å². The van der Waals surface area contributed by atoms with Gasteiger partial charge in [0.15, 0.2) is 5.16 Å². The summed E-state index contributed by atoms with van der Waals surface area (Å²) in [5, 5.41) is 5.59. The standard InChI is InChI=1S/C21H16ClN3O2S2/c1-13-6-2-5-9-17(13)25-20(27)19-16(10-11-28-19)24-21(25)29-12-18(26)23-15-8-4-3-7-14(15)22/h2-11H,12H2,1H3,(H,23,26). The fraction of sp³-hybridized carbons (Fsp3) is 0.0952. The van der Waals surface area contributed by atoms with Crippen LogP contribution in [0.15, 0.2) is 69.9 Å². The van der Waals surface area contributed by atoms with Crippen molar-refractivity contribution >= 4 is 56.5 Å². The van der Waals surface area contributed by atoms with Gasteiger partial charge in [-0.2, -0.15) is 0 Å². The van der Waals surface area contributed by atoms with Crippen molar-refractivity contribution in [3.05, 3.63) is 80.9 Å². The third-order valence-corrected chi connectivity index (χ3v) is 6.45. The number of benzene rings is 2. The van der Waals surface area contributed by atoms with E-state index in [2.05, 4.69) is 10.3 Å². The molecule has 29 heavy (non-hydrogen) atoms. The largest absolute Gasteiger partial charge is 0.324 e. The van der Waals surface area contributed by atoms with Gasteiger partial charge in [-0.15, -0.1) is 11.3 Å². The summed E-state index contributed by atoms with van der Waals surface area (Å²) in [6.07, 6.45) is 0. The van der Waals surface area contributed by atoms with Crippen LogP contribution in [0.5, 0.6) is 0 Å². The lowest BCUT2D eigenvalue weighted by Crippen LogP contribution is -2.22. The Kier molecular flexibility index (Phi) is 5.71. The fourth-order valence-electron chi connectivity index (χ4n) is 2.89. The van der Waals surface area contributed by atoms with Crippen LogP contribution >= 0.6 is 34.7 Å². The van der Waals surface area contributed by atoms with Crippen molar-refractivity contribution in [2.24, 2.45) is 0 Å². The number of rotatable bonds is 5. The van der Waals surface area contributed by atoms with Crippen LogP contribution in [-0.2, 0) is 4.79 Å². The lowest BCUT2D eigenvalue weighted by molar-refractivity contribution is -0.113. The summed E-state index contributed by atoms with van der Waals surface area (Å²) < 4.78 is 2.18. The predicted octanol–water partition coefficient (Wildman–Crippen LogP) is 5.14. The summed E-state index contributed by atoms with van der Waals surface area (Å²) in [6, 6.07) is 16.5. The Balaban J connectivity index is 1.67. The van der Waals surface area contributed by atoms with Crippen LogP contribution in [0, 0.1) is 6.92 Å². The zero-order valence-corrected chi connectivity index (χ0v) is 17.8. The number of aromatic nitrogens is 2. The maximum atomic E-state index is 13.1. The SMILES string of the molecule is Cc1ccccc1-n1c(SCC(=O)Nc2ccccc2Cl)nc2ccsc2c1=O. The highest BCUT2D eigenvalue weighted by atomic mass is 35.5. The molecule has 0 unspecified atom stereocenters. The first-order valence-corrected chi connectivity index (χ1v) is 11.0. The van der Waals surface area contributed by atoms with Gasteiger partial charge in [-0.3, -0.25) is 14.2 Å².